The largest absolute Gasteiger partial charge is 0.497 e. The first-order chi connectivity index (χ1) is 39.7. The van der Waals surface area contributed by atoms with Crippen molar-refractivity contribution in [3.8, 4) is 35.2 Å². The first-order valence-corrected chi connectivity index (χ1v) is 26.0. The Hall–Kier alpha value is -7.79. The molecule has 19 heteroatoms. The smallest absolute Gasteiger partial charge is 0.338 e. The first-order valence-electron chi connectivity index (χ1n) is 26.0. The van der Waals surface area contributed by atoms with Crippen molar-refractivity contribution in [2.45, 2.75) is 0 Å². The van der Waals surface area contributed by atoms with Crippen molar-refractivity contribution in [3.63, 3.8) is 0 Å². The molecule has 0 spiro atoms. The molecule has 0 saturated heterocycles. The predicted octanol–water partition coefficient (Wildman–Crippen LogP) is 7.51. The Morgan fingerprint density at radius 1 is 0.346 bits per heavy atom. The molecule has 0 aliphatic carbocycles. The van der Waals surface area contributed by atoms with Crippen LogP contribution in [0.4, 0.5) is 11.4 Å². The summed E-state index contributed by atoms with van der Waals surface area (Å²) >= 11 is 0. The van der Waals surface area contributed by atoms with Gasteiger partial charge < -0.3 is 66.3 Å². The van der Waals surface area contributed by atoms with Crippen molar-refractivity contribution < 1.29 is 80.7 Å². The summed E-state index contributed by atoms with van der Waals surface area (Å²) in [6, 6.07) is 29.3. The summed E-state index contributed by atoms with van der Waals surface area (Å²) in [5.41, 5.74) is 4.73. The van der Waals surface area contributed by atoms with Gasteiger partial charge in [-0.15, -0.1) is 0 Å². The van der Waals surface area contributed by atoms with E-state index in [4.69, 9.17) is 66.3 Å². The molecule has 81 heavy (non-hydrogen) atoms. The fourth-order valence-electron chi connectivity index (χ4n) is 6.87. The molecule has 0 unspecified atom stereocenters. The SMILES string of the molecule is COCCOCCOCCOC(=O)c1cc(C#Cc2cc(C=Nc3ccc(OC)cc3)cc(C(=O)OCCOCCOCCOC)c2)cc(C#Cc2cc(C=Nc3ccc(OC)cc3)cc(C(=O)OCCOCCOCCOC)c2)c1. The van der Waals surface area contributed by atoms with Crippen molar-refractivity contribution in [1.29, 1.82) is 0 Å². The molecule has 19 nitrogen and oxygen atoms in total. The number of esters is 3. The number of carbonyl (C=O) groups is 3. The normalized spacial score (nSPS) is 11.0. The zero-order valence-corrected chi connectivity index (χ0v) is 46.5. The summed E-state index contributed by atoms with van der Waals surface area (Å²) in [7, 11) is 7.95. The lowest BCUT2D eigenvalue weighted by Gasteiger charge is -2.08. The van der Waals surface area contributed by atoms with Crippen LogP contribution in [0.1, 0.15) is 64.5 Å². The Morgan fingerprint density at radius 3 is 0.914 bits per heavy atom. The van der Waals surface area contributed by atoms with Crippen molar-refractivity contribution in [2.75, 3.05) is 154 Å². The highest BCUT2D eigenvalue weighted by atomic mass is 16.6. The maximum absolute atomic E-state index is 13.7. The van der Waals surface area contributed by atoms with E-state index in [1.165, 1.54) is 0 Å². The van der Waals surface area contributed by atoms with Gasteiger partial charge in [0.15, 0.2) is 0 Å². The van der Waals surface area contributed by atoms with E-state index in [0.29, 0.717) is 136 Å². The second kappa shape index (κ2) is 38.7. The zero-order chi connectivity index (χ0) is 57.5. The molecule has 0 radical (unpaired) electrons. The van der Waals surface area contributed by atoms with Crippen LogP contribution in [0.2, 0.25) is 0 Å². The number of benzene rings is 5. The van der Waals surface area contributed by atoms with E-state index in [-0.39, 0.29) is 56.3 Å². The molecule has 0 aliphatic heterocycles. The monoisotopic (exact) mass is 1110 g/mol. The van der Waals surface area contributed by atoms with Crippen LogP contribution in [0, 0.1) is 23.7 Å². The molecule has 0 saturated carbocycles. The second-order valence-electron chi connectivity index (χ2n) is 17.0. The van der Waals surface area contributed by atoms with E-state index in [0.717, 1.165) is 0 Å². The Balaban J connectivity index is 1.45. The van der Waals surface area contributed by atoms with Crippen LogP contribution in [0.25, 0.3) is 0 Å². The highest BCUT2D eigenvalue weighted by molar-refractivity contribution is 5.95. The molecular formula is C62H70N2O17. The van der Waals surface area contributed by atoms with Crippen molar-refractivity contribution in [2.24, 2.45) is 9.98 Å². The molecule has 5 aromatic carbocycles. The molecule has 5 rings (SSSR count). The van der Waals surface area contributed by atoms with Crippen LogP contribution in [0.15, 0.2) is 113 Å². The minimum atomic E-state index is -0.643. The Morgan fingerprint density at radius 2 is 0.617 bits per heavy atom. The fraction of sp³-hybridized carbons (Fsp3) is 0.371. The highest BCUT2D eigenvalue weighted by Gasteiger charge is 2.14. The van der Waals surface area contributed by atoms with E-state index in [9.17, 15) is 14.4 Å². The molecule has 0 aliphatic rings. The molecule has 0 heterocycles. The molecule has 0 N–H and O–H groups in total. The fourth-order valence-corrected chi connectivity index (χ4v) is 6.87. The number of carbonyl (C=O) groups excluding carboxylic acids is 3. The van der Waals surface area contributed by atoms with Crippen LogP contribution < -0.4 is 9.47 Å². The lowest BCUT2D eigenvalue weighted by molar-refractivity contribution is 0.00552. The summed E-state index contributed by atoms with van der Waals surface area (Å²) in [4.78, 5) is 49.9. The standard InChI is InChI=1S/C62H70N2O17/c1-68-18-21-73-24-27-76-30-33-79-60(65)53-39-47(6-8-49-37-51(45-63-56-10-14-58(71-4)15-11-56)43-54(41-49)61(66)80-34-31-77-28-25-74-22-19-69-2)36-48(40-53)7-9-50-38-52(46-64-57-12-16-59(72-5)17-13-57)44-55(42-50)62(67)81-35-32-78-29-26-75-23-20-70-3/h10-17,36-46H,18-35H2,1-5H3. The van der Waals surface area contributed by atoms with Crippen LogP contribution in [-0.2, 0) is 56.8 Å². The van der Waals surface area contributed by atoms with Gasteiger partial charge in [0.05, 0.1) is 141 Å². The summed E-state index contributed by atoms with van der Waals surface area (Å²) < 4.78 is 75.3. The molecule has 430 valence electrons. The van der Waals surface area contributed by atoms with Gasteiger partial charge in [0.1, 0.15) is 31.3 Å². The molecular weight excluding hydrogens is 1040 g/mol. The third kappa shape index (κ3) is 25.9. The first kappa shape index (κ1) is 64.0. The number of aliphatic imine (C=N–C) groups is 2. The van der Waals surface area contributed by atoms with E-state index < -0.39 is 17.9 Å². The third-order valence-electron chi connectivity index (χ3n) is 10.9. The lowest BCUT2D eigenvalue weighted by atomic mass is 10.0. The van der Waals surface area contributed by atoms with Crippen LogP contribution in [0.3, 0.4) is 0 Å². The van der Waals surface area contributed by atoms with Crippen molar-refractivity contribution in [1.82, 2.24) is 0 Å². The van der Waals surface area contributed by atoms with Gasteiger partial charge in [-0.1, -0.05) is 23.7 Å². The maximum atomic E-state index is 13.7. The molecule has 5 aromatic rings. The number of methoxy groups -OCH3 is 5. The van der Waals surface area contributed by atoms with Gasteiger partial charge in [0, 0.05) is 56.0 Å². The van der Waals surface area contributed by atoms with Crippen molar-refractivity contribution in [3.05, 3.63) is 153 Å². The van der Waals surface area contributed by atoms with E-state index in [1.807, 2.05) is 0 Å². The van der Waals surface area contributed by atoms with Gasteiger partial charge in [-0.25, -0.2) is 14.4 Å². The quantitative estimate of drug-likeness (QED) is 0.0125. The number of hydrogen-bond acceptors (Lipinski definition) is 19. The van der Waals surface area contributed by atoms with Crippen LogP contribution in [-0.4, -0.2) is 185 Å². The topological polar surface area (TPSA) is 205 Å². The number of rotatable bonds is 36. The number of hydrogen-bond donors (Lipinski definition) is 0. The van der Waals surface area contributed by atoms with Gasteiger partial charge >= 0.3 is 17.9 Å². The van der Waals surface area contributed by atoms with Gasteiger partial charge in [-0.3, -0.25) is 9.98 Å². The second-order valence-corrected chi connectivity index (χ2v) is 17.0. The minimum Gasteiger partial charge on any atom is -0.497 e. The summed E-state index contributed by atoms with van der Waals surface area (Å²) in [6.45, 7) is 5.19. The lowest BCUT2D eigenvalue weighted by Crippen LogP contribution is -2.14. The average molecular weight is 1120 g/mol. The Bertz CT molecular complexity index is 2710. The van der Waals surface area contributed by atoms with Gasteiger partial charge in [-0.05, 0) is 114 Å². The Kier molecular flexibility index (Phi) is 30.6. The summed E-state index contributed by atoms with van der Waals surface area (Å²) in [6.07, 6.45) is 3.23. The summed E-state index contributed by atoms with van der Waals surface area (Å²) in [5, 5.41) is 0. The number of ether oxygens (including phenoxy) is 14. The molecule has 0 amide bonds. The third-order valence-corrected chi connectivity index (χ3v) is 10.9. The Labute approximate surface area is 473 Å². The summed E-state index contributed by atoms with van der Waals surface area (Å²) in [5.74, 6) is 12.1. The van der Waals surface area contributed by atoms with Crippen LogP contribution in [0.5, 0.6) is 11.5 Å². The molecule has 0 bridgehead atoms. The maximum Gasteiger partial charge on any atom is 0.338 e. The average Bonchev–Trinajstić information content (AvgIpc) is 3.49. The van der Waals surface area contributed by atoms with E-state index in [2.05, 4.69) is 33.7 Å². The zero-order valence-electron chi connectivity index (χ0n) is 46.5. The number of nitrogens with zero attached hydrogens (tertiary/aromatic N) is 2. The minimum absolute atomic E-state index is 0.000292. The van der Waals surface area contributed by atoms with Gasteiger partial charge in [0.25, 0.3) is 0 Å². The van der Waals surface area contributed by atoms with Gasteiger partial charge in [-0.2, -0.15) is 0 Å². The van der Waals surface area contributed by atoms with E-state index >= 15 is 0 Å². The van der Waals surface area contributed by atoms with Crippen LogP contribution >= 0.6 is 0 Å². The van der Waals surface area contributed by atoms with E-state index in [1.54, 1.807) is 151 Å². The highest BCUT2D eigenvalue weighted by Crippen LogP contribution is 2.21. The molecule has 0 atom stereocenters. The van der Waals surface area contributed by atoms with Crippen molar-refractivity contribution >= 4 is 41.7 Å². The molecule has 0 fully saturated rings. The molecule has 0 aromatic heterocycles. The van der Waals surface area contributed by atoms with Gasteiger partial charge in [0.2, 0.25) is 0 Å². The predicted molar refractivity (Wildman–Crippen MR) is 303 cm³/mol.